The Labute approximate surface area is 170 Å². The van der Waals surface area contributed by atoms with E-state index in [-0.39, 0.29) is 11.1 Å². The topological polar surface area (TPSA) is 136 Å². The Balaban J connectivity index is 2.12. The van der Waals surface area contributed by atoms with E-state index in [4.69, 9.17) is 9.47 Å². The summed E-state index contributed by atoms with van der Waals surface area (Å²) in [5, 5.41) is 20.7. The number of hydrogen-bond acceptors (Lipinski definition) is 7. The van der Waals surface area contributed by atoms with Gasteiger partial charge in [-0.25, -0.2) is 0 Å². The van der Waals surface area contributed by atoms with Gasteiger partial charge < -0.3 is 14.6 Å². The first-order chi connectivity index (χ1) is 14.3. The van der Waals surface area contributed by atoms with Gasteiger partial charge in [0.15, 0.2) is 11.5 Å². The van der Waals surface area contributed by atoms with E-state index in [0.29, 0.717) is 23.7 Å². The van der Waals surface area contributed by atoms with Crippen molar-refractivity contribution in [3.8, 4) is 11.5 Å². The number of amides is 2. The van der Waals surface area contributed by atoms with Crippen molar-refractivity contribution in [1.29, 1.82) is 0 Å². The molecule has 1 N–H and O–H groups in total. The van der Waals surface area contributed by atoms with Crippen LogP contribution < -0.4 is 9.47 Å². The summed E-state index contributed by atoms with van der Waals surface area (Å²) in [6, 6.07) is 7.09. The lowest BCUT2D eigenvalue weighted by molar-refractivity contribution is -0.385. The van der Waals surface area contributed by atoms with Crippen molar-refractivity contribution in [3.05, 3.63) is 63.2 Å². The highest BCUT2D eigenvalue weighted by Crippen LogP contribution is 2.39. The van der Waals surface area contributed by atoms with Gasteiger partial charge in [-0.1, -0.05) is 12.1 Å². The van der Waals surface area contributed by atoms with Gasteiger partial charge in [-0.05, 0) is 30.7 Å². The van der Waals surface area contributed by atoms with Crippen LogP contribution in [0.5, 0.6) is 11.5 Å². The molecular weight excluding hydrogens is 396 g/mol. The highest BCUT2D eigenvalue weighted by Gasteiger charge is 2.45. The third kappa shape index (κ3) is 3.54. The number of nitro benzene ring substituents is 1. The molecule has 1 aliphatic heterocycles. The number of hydrogen-bond donors (Lipinski definition) is 1. The van der Waals surface area contributed by atoms with Gasteiger partial charge in [-0.2, -0.15) is 0 Å². The molecule has 1 atom stereocenters. The summed E-state index contributed by atoms with van der Waals surface area (Å²) in [7, 11) is 1.44. The number of ether oxygens (including phenoxy) is 2. The summed E-state index contributed by atoms with van der Waals surface area (Å²) in [6.45, 7) is 2.06. The van der Waals surface area contributed by atoms with Crippen LogP contribution in [0.3, 0.4) is 0 Å². The molecule has 0 unspecified atom stereocenters. The third-order valence-corrected chi connectivity index (χ3v) is 4.67. The molecule has 0 aromatic heterocycles. The van der Waals surface area contributed by atoms with E-state index >= 15 is 0 Å². The van der Waals surface area contributed by atoms with Gasteiger partial charge in [0.05, 0.1) is 36.7 Å². The van der Waals surface area contributed by atoms with Crippen molar-refractivity contribution in [3.63, 3.8) is 0 Å². The zero-order chi connectivity index (χ0) is 22.0. The quantitative estimate of drug-likeness (QED) is 0.396. The molecule has 3 rings (SSSR count). The standard InChI is InChI=1S/C20H18N2O8/c1-3-30-16-9-11(7-8-15(16)29-2)14(10-17(23)24)21-19(25)12-5-4-6-13(22(27)28)18(12)20(21)26/h4-9,14H,3,10H2,1-2H3,(H,23,24)/t14-/m0/s1. The second-order valence-corrected chi connectivity index (χ2v) is 6.39. The van der Waals surface area contributed by atoms with Gasteiger partial charge >= 0.3 is 5.97 Å². The van der Waals surface area contributed by atoms with Gasteiger partial charge in [0.1, 0.15) is 5.56 Å². The first-order valence-electron chi connectivity index (χ1n) is 8.97. The number of carboxylic acid groups (broad SMARTS) is 1. The summed E-state index contributed by atoms with van der Waals surface area (Å²) in [5.41, 5.74) is -0.671. The fourth-order valence-electron chi connectivity index (χ4n) is 3.41. The van der Waals surface area contributed by atoms with Crippen LogP contribution in [0.1, 0.15) is 45.7 Å². The molecule has 0 spiro atoms. The summed E-state index contributed by atoms with van der Waals surface area (Å²) in [6.07, 6.45) is -0.586. The lowest BCUT2D eigenvalue weighted by atomic mass is 10.0. The lowest BCUT2D eigenvalue weighted by Gasteiger charge is -2.26. The fourth-order valence-corrected chi connectivity index (χ4v) is 3.41. The van der Waals surface area contributed by atoms with E-state index in [2.05, 4.69) is 0 Å². The molecular formula is C20H18N2O8. The minimum atomic E-state index is -1.25. The maximum Gasteiger partial charge on any atom is 0.305 e. The number of fused-ring (bicyclic) bond motifs is 1. The van der Waals surface area contributed by atoms with Gasteiger partial charge in [-0.15, -0.1) is 0 Å². The molecule has 2 aromatic carbocycles. The van der Waals surface area contributed by atoms with Crippen LogP contribution in [0.15, 0.2) is 36.4 Å². The van der Waals surface area contributed by atoms with E-state index < -0.39 is 40.9 Å². The second-order valence-electron chi connectivity index (χ2n) is 6.39. The Kier molecular flexibility index (Phi) is 5.67. The van der Waals surface area contributed by atoms with Crippen molar-refractivity contribution < 1.29 is 33.9 Å². The SMILES string of the molecule is CCOc1cc([C@H](CC(=O)O)N2C(=O)c3cccc([N+](=O)[O-])c3C2=O)ccc1OC. The molecule has 0 radical (unpaired) electrons. The molecule has 30 heavy (non-hydrogen) atoms. The van der Waals surface area contributed by atoms with Gasteiger partial charge in [0.2, 0.25) is 0 Å². The van der Waals surface area contributed by atoms with Crippen molar-refractivity contribution in [2.75, 3.05) is 13.7 Å². The van der Waals surface area contributed by atoms with Crippen LogP contribution in [0.2, 0.25) is 0 Å². The normalized spacial score (nSPS) is 13.7. The fraction of sp³-hybridized carbons (Fsp3) is 0.250. The average Bonchev–Trinajstić information content (AvgIpc) is 2.96. The van der Waals surface area contributed by atoms with Crippen LogP contribution >= 0.6 is 0 Å². The molecule has 2 amide bonds. The predicted molar refractivity (Wildman–Crippen MR) is 103 cm³/mol. The van der Waals surface area contributed by atoms with Crippen molar-refractivity contribution in [1.82, 2.24) is 4.90 Å². The number of carboxylic acids is 1. The van der Waals surface area contributed by atoms with E-state index in [1.54, 1.807) is 6.92 Å². The molecule has 1 aliphatic rings. The maximum atomic E-state index is 13.0. The number of nitro groups is 1. The number of aliphatic carboxylic acids is 1. The Morgan fingerprint density at radius 3 is 2.53 bits per heavy atom. The molecule has 156 valence electrons. The number of carbonyl (C=O) groups is 3. The van der Waals surface area contributed by atoms with Gasteiger partial charge in [0.25, 0.3) is 17.5 Å². The minimum Gasteiger partial charge on any atom is -0.493 e. The van der Waals surface area contributed by atoms with Crippen molar-refractivity contribution in [2.24, 2.45) is 0 Å². The number of methoxy groups -OCH3 is 1. The Morgan fingerprint density at radius 2 is 1.93 bits per heavy atom. The van der Waals surface area contributed by atoms with Crippen LogP contribution in [0.4, 0.5) is 5.69 Å². The van der Waals surface area contributed by atoms with Crippen molar-refractivity contribution in [2.45, 2.75) is 19.4 Å². The number of benzene rings is 2. The number of rotatable bonds is 8. The third-order valence-electron chi connectivity index (χ3n) is 4.67. The monoisotopic (exact) mass is 414 g/mol. The number of carbonyl (C=O) groups excluding carboxylic acids is 2. The first kappa shape index (κ1) is 20.8. The molecule has 0 aliphatic carbocycles. The van der Waals surface area contributed by atoms with Crippen LogP contribution in [0, 0.1) is 10.1 Å². The molecule has 0 bridgehead atoms. The molecule has 10 heteroatoms. The highest BCUT2D eigenvalue weighted by molar-refractivity contribution is 6.23. The maximum absolute atomic E-state index is 13.0. The highest BCUT2D eigenvalue weighted by atomic mass is 16.6. The van der Waals surface area contributed by atoms with E-state index in [0.717, 1.165) is 11.0 Å². The Bertz CT molecular complexity index is 1050. The zero-order valence-electron chi connectivity index (χ0n) is 16.2. The summed E-state index contributed by atoms with van der Waals surface area (Å²) in [5.74, 6) is -2.25. The molecule has 0 saturated heterocycles. The summed E-state index contributed by atoms with van der Waals surface area (Å²) >= 11 is 0. The van der Waals surface area contributed by atoms with Crippen LogP contribution in [-0.4, -0.2) is 46.4 Å². The molecule has 0 saturated carbocycles. The van der Waals surface area contributed by atoms with E-state index in [1.807, 2.05) is 0 Å². The van der Waals surface area contributed by atoms with Crippen LogP contribution in [-0.2, 0) is 4.79 Å². The lowest BCUT2D eigenvalue weighted by Crippen LogP contribution is -2.35. The van der Waals surface area contributed by atoms with E-state index in [9.17, 15) is 29.6 Å². The Hall–Kier alpha value is -3.95. The number of nitrogens with zero attached hydrogens (tertiary/aromatic N) is 2. The minimum absolute atomic E-state index is 0.136. The predicted octanol–water partition coefficient (Wildman–Crippen LogP) is 2.81. The largest absolute Gasteiger partial charge is 0.493 e. The average molecular weight is 414 g/mol. The summed E-state index contributed by atoms with van der Waals surface area (Å²) < 4.78 is 10.7. The smallest absolute Gasteiger partial charge is 0.305 e. The number of imide groups is 1. The second kappa shape index (κ2) is 8.19. The van der Waals surface area contributed by atoms with E-state index in [1.165, 1.54) is 37.4 Å². The summed E-state index contributed by atoms with van der Waals surface area (Å²) in [4.78, 5) is 48.8. The Morgan fingerprint density at radius 1 is 1.20 bits per heavy atom. The molecule has 2 aromatic rings. The zero-order valence-corrected chi connectivity index (χ0v) is 16.2. The first-order valence-corrected chi connectivity index (χ1v) is 8.97. The molecule has 0 fully saturated rings. The van der Waals surface area contributed by atoms with Gasteiger partial charge in [0, 0.05) is 6.07 Å². The molecule has 1 heterocycles. The molecule has 10 nitrogen and oxygen atoms in total. The van der Waals surface area contributed by atoms with Crippen molar-refractivity contribution >= 4 is 23.5 Å². The van der Waals surface area contributed by atoms with Gasteiger partial charge in [-0.3, -0.25) is 29.4 Å². The van der Waals surface area contributed by atoms with Crippen LogP contribution in [0.25, 0.3) is 0 Å².